The van der Waals surface area contributed by atoms with Crippen LogP contribution in [0.3, 0.4) is 0 Å². The maximum absolute atomic E-state index is 11.9. The molecular weight excluding hydrogens is 286 g/mol. The van der Waals surface area contributed by atoms with Crippen LogP contribution >= 0.6 is 0 Å². The van der Waals surface area contributed by atoms with Gasteiger partial charge in [-0.3, -0.25) is 4.68 Å². The van der Waals surface area contributed by atoms with E-state index in [1.807, 2.05) is 10.7 Å². The number of carbonyl (C=O) groups excluding carboxylic acids is 2. The summed E-state index contributed by atoms with van der Waals surface area (Å²) in [6.07, 6.45) is 3.37. The molecule has 0 bridgehead atoms. The third kappa shape index (κ3) is 3.99. The minimum Gasteiger partial charge on any atom is -0.467 e. The Labute approximate surface area is 130 Å². The fourth-order valence-electron chi connectivity index (χ4n) is 2.60. The summed E-state index contributed by atoms with van der Waals surface area (Å²) in [4.78, 5) is 23.8. The van der Waals surface area contributed by atoms with Gasteiger partial charge in [-0.15, -0.1) is 0 Å². The Hall–Kier alpha value is -2.05. The Morgan fingerprint density at radius 2 is 2.23 bits per heavy atom. The van der Waals surface area contributed by atoms with E-state index in [1.54, 1.807) is 27.0 Å². The summed E-state index contributed by atoms with van der Waals surface area (Å²) in [7, 11) is 1.31. The minimum atomic E-state index is -0.750. The molecule has 1 aromatic rings. The maximum Gasteiger partial charge on any atom is 0.408 e. The molecule has 1 aliphatic rings. The van der Waals surface area contributed by atoms with Gasteiger partial charge in [0.2, 0.25) is 0 Å². The first-order chi connectivity index (χ1) is 10.3. The number of methoxy groups -OCH3 is 1. The van der Waals surface area contributed by atoms with Gasteiger partial charge in [-0.1, -0.05) is 0 Å². The van der Waals surface area contributed by atoms with Crippen LogP contribution in [0.2, 0.25) is 0 Å². The molecule has 1 aromatic heterocycles. The van der Waals surface area contributed by atoms with Crippen molar-refractivity contribution in [2.45, 2.75) is 57.7 Å². The van der Waals surface area contributed by atoms with Gasteiger partial charge in [0.25, 0.3) is 0 Å². The molecule has 1 amide bonds. The molecule has 0 radical (unpaired) electrons. The van der Waals surface area contributed by atoms with Crippen LogP contribution in [0.1, 0.15) is 45.3 Å². The summed E-state index contributed by atoms with van der Waals surface area (Å²) < 4.78 is 11.9. The Morgan fingerprint density at radius 3 is 2.86 bits per heavy atom. The average molecular weight is 309 g/mol. The zero-order valence-corrected chi connectivity index (χ0v) is 13.5. The van der Waals surface area contributed by atoms with Crippen LogP contribution in [0.5, 0.6) is 0 Å². The lowest BCUT2D eigenvalue weighted by atomic mass is 10.1. The molecular formula is C15H23N3O4. The number of nitrogens with one attached hydrogen (secondary N) is 1. The number of fused-ring (bicyclic) bond motifs is 1. The van der Waals surface area contributed by atoms with Crippen LogP contribution in [-0.2, 0) is 20.7 Å². The summed E-state index contributed by atoms with van der Waals surface area (Å²) in [5.74, 6) is -0.480. The molecule has 22 heavy (non-hydrogen) atoms. The van der Waals surface area contributed by atoms with Crippen molar-refractivity contribution in [3.8, 4) is 0 Å². The second-order valence-corrected chi connectivity index (χ2v) is 6.42. The van der Waals surface area contributed by atoms with E-state index in [0.29, 0.717) is 6.42 Å². The molecule has 1 aliphatic heterocycles. The number of aromatic nitrogens is 2. The van der Waals surface area contributed by atoms with E-state index in [0.717, 1.165) is 18.5 Å². The predicted octanol–water partition coefficient (Wildman–Crippen LogP) is 1.83. The number of carbonyl (C=O) groups is 2. The molecule has 0 saturated carbocycles. The van der Waals surface area contributed by atoms with Gasteiger partial charge in [0.1, 0.15) is 11.6 Å². The molecule has 2 rings (SSSR count). The van der Waals surface area contributed by atoms with Crippen molar-refractivity contribution in [1.29, 1.82) is 0 Å². The van der Waals surface area contributed by atoms with E-state index in [4.69, 9.17) is 9.47 Å². The van der Waals surface area contributed by atoms with Gasteiger partial charge in [0.15, 0.2) is 0 Å². The standard InChI is InChI=1S/C15H23N3O4/c1-15(2,3)22-14(20)17-12(13(19)21-4)9-11-6-5-10-7-8-16-18(10)11/h7-8,11-12H,5-6,9H2,1-4H3,(H,17,20). The van der Waals surface area contributed by atoms with Gasteiger partial charge >= 0.3 is 12.1 Å². The summed E-state index contributed by atoms with van der Waals surface area (Å²) in [5.41, 5.74) is 0.527. The van der Waals surface area contributed by atoms with Crippen molar-refractivity contribution in [2.75, 3.05) is 7.11 Å². The van der Waals surface area contributed by atoms with Crippen LogP contribution in [-0.4, -0.2) is 40.6 Å². The van der Waals surface area contributed by atoms with Crippen LogP contribution in [0.25, 0.3) is 0 Å². The highest BCUT2D eigenvalue weighted by Gasteiger charge is 2.31. The smallest absolute Gasteiger partial charge is 0.408 e. The SMILES string of the molecule is COC(=O)C(CC1CCc2ccnn21)NC(=O)OC(C)(C)C. The molecule has 0 fully saturated rings. The van der Waals surface area contributed by atoms with Crippen molar-refractivity contribution in [1.82, 2.24) is 15.1 Å². The summed E-state index contributed by atoms with van der Waals surface area (Å²) in [6, 6.07) is 1.29. The molecule has 7 heteroatoms. The van der Waals surface area contributed by atoms with Crippen molar-refractivity contribution in [2.24, 2.45) is 0 Å². The van der Waals surface area contributed by atoms with E-state index in [2.05, 4.69) is 10.4 Å². The number of rotatable bonds is 4. The third-order valence-corrected chi connectivity index (χ3v) is 3.52. The van der Waals surface area contributed by atoms with Crippen LogP contribution in [0.15, 0.2) is 12.3 Å². The molecule has 0 saturated heterocycles. The molecule has 2 atom stereocenters. The van der Waals surface area contributed by atoms with E-state index in [-0.39, 0.29) is 6.04 Å². The lowest BCUT2D eigenvalue weighted by Gasteiger charge is -2.24. The fourth-order valence-corrected chi connectivity index (χ4v) is 2.60. The third-order valence-electron chi connectivity index (χ3n) is 3.52. The molecule has 2 heterocycles. The summed E-state index contributed by atoms with van der Waals surface area (Å²) in [6.45, 7) is 5.31. The van der Waals surface area contributed by atoms with Crippen molar-refractivity contribution >= 4 is 12.1 Å². The number of hydrogen-bond donors (Lipinski definition) is 1. The quantitative estimate of drug-likeness (QED) is 0.858. The van der Waals surface area contributed by atoms with Crippen LogP contribution < -0.4 is 5.32 Å². The van der Waals surface area contributed by atoms with E-state index < -0.39 is 23.7 Å². The van der Waals surface area contributed by atoms with Gasteiger partial charge in [0, 0.05) is 18.3 Å². The molecule has 0 aliphatic carbocycles. The monoisotopic (exact) mass is 309 g/mol. The van der Waals surface area contributed by atoms with Crippen molar-refractivity contribution in [3.63, 3.8) is 0 Å². The molecule has 0 aromatic carbocycles. The van der Waals surface area contributed by atoms with E-state index in [1.165, 1.54) is 7.11 Å². The van der Waals surface area contributed by atoms with Gasteiger partial charge in [0.05, 0.1) is 13.2 Å². The number of amides is 1. The molecule has 2 unspecified atom stereocenters. The van der Waals surface area contributed by atoms with E-state index in [9.17, 15) is 9.59 Å². The summed E-state index contributed by atoms with van der Waals surface area (Å²) >= 11 is 0. The second-order valence-electron chi connectivity index (χ2n) is 6.42. The first-order valence-corrected chi connectivity index (χ1v) is 7.40. The highest BCUT2D eigenvalue weighted by atomic mass is 16.6. The summed E-state index contributed by atoms with van der Waals surface area (Å²) in [5, 5.41) is 6.87. The molecule has 1 N–H and O–H groups in total. The number of ether oxygens (including phenoxy) is 2. The molecule has 122 valence electrons. The van der Waals surface area contributed by atoms with Gasteiger partial charge in [-0.05, 0) is 39.7 Å². The van der Waals surface area contributed by atoms with Crippen molar-refractivity contribution in [3.05, 3.63) is 18.0 Å². The number of esters is 1. The number of aryl methyl sites for hydroxylation is 1. The lowest BCUT2D eigenvalue weighted by Crippen LogP contribution is -2.45. The van der Waals surface area contributed by atoms with Crippen LogP contribution in [0, 0.1) is 0 Å². The maximum atomic E-state index is 11.9. The Kier molecular flexibility index (Phi) is 4.73. The largest absolute Gasteiger partial charge is 0.467 e. The van der Waals surface area contributed by atoms with E-state index >= 15 is 0 Å². The highest BCUT2D eigenvalue weighted by molar-refractivity contribution is 5.81. The number of nitrogens with zero attached hydrogens (tertiary/aromatic N) is 2. The molecule has 0 spiro atoms. The predicted molar refractivity (Wildman–Crippen MR) is 79.4 cm³/mol. The zero-order chi connectivity index (χ0) is 16.3. The molecule has 7 nitrogen and oxygen atoms in total. The zero-order valence-electron chi connectivity index (χ0n) is 13.5. The first-order valence-electron chi connectivity index (χ1n) is 7.40. The normalized spacial score (nSPS) is 18.5. The Bertz CT molecular complexity index is 547. The highest BCUT2D eigenvalue weighted by Crippen LogP contribution is 2.28. The fraction of sp³-hybridized carbons (Fsp3) is 0.667. The minimum absolute atomic E-state index is 0.0732. The number of alkyl carbamates (subject to hydrolysis) is 1. The topological polar surface area (TPSA) is 82.5 Å². The lowest BCUT2D eigenvalue weighted by molar-refractivity contribution is -0.143. The van der Waals surface area contributed by atoms with Gasteiger partial charge in [-0.25, -0.2) is 9.59 Å². The Morgan fingerprint density at radius 1 is 1.50 bits per heavy atom. The average Bonchev–Trinajstić information content (AvgIpc) is 2.99. The second kappa shape index (κ2) is 6.37. The number of hydrogen-bond acceptors (Lipinski definition) is 5. The van der Waals surface area contributed by atoms with Gasteiger partial charge in [-0.2, -0.15) is 5.10 Å². The van der Waals surface area contributed by atoms with Gasteiger partial charge < -0.3 is 14.8 Å². The Balaban J connectivity index is 2.02. The van der Waals surface area contributed by atoms with Crippen molar-refractivity contribution < 1.29 is 19.1 Å². The van der Waals surface area contributed by atoms with Crippen LogP contribution in [0.4, 0.5) is 4.79 Å². The first kappa shape index (κ1) is 16.3.